The summed E-state index contributed by atoms with van der Waals surface area (Å²) < 4.78 is 0. The minimum Gasteiger partial charge on any atom is -0.480 e. The van der Waals surface area contributed by atoms with E-state index in [0.29, 0.717) is 25.9 Å². The van der Waals surface area contributed by atoms with Crippen LogP contribution in [0.4, 0.5) is 4.79 Å². The Bertz CT molecular complexity index is 528. The zero-order valence-corrected chi connectivity index (χ0v) is 11.2. The summed E-state index contributed by atoms with van der Waals surface area (Å²) in [6.45, 7) is 4.38. The fourth-order valence-electron chi connectivity index (χ4n) is 2.34. The molecule has 106 valence electrons. The molecule has 20 heavy (non-hydrogen) atoms. The van der Waals surface area contributed by atoms with Crippen LogP contribution in [0.25, 0.3) is 0 Å². The van der Waals surface area contributed by atoms with E-state index in [1.165, 1.54) is 4.90 Å². The van der Waals surface area contributed by atoms with Gasteiger partial charge in [-0.3, -0.25) is 0 Å². The topological polar surface area (TPSA) is 69.6 Å². The van der Waals surface area contributed by atoms with Crippen LogP contribution in [0, 0.1) is 0 Å². The highest BCUT2D eigenvalue weighted by Crippen LogP contribution is 2.23. The second-order valence-corrected chi connectivity index (χ2v) is 4.76. The maximum Gasteiger partial charge on any atom is 0.326 e. The molecule has 1 aliphatic heterocycles. The number of aliphatic carboxylic acids is 1. The number of carboxylic acids is 1. The van der Waals surface area contributed by atoms with E-state index in [1.807, 2.05) is 24.3 Å². The molecule has 0 fully saturated rings. The molecule has 1 aromatic rings. The van der Waals surface area contributed by atoms with Crippen LogP contribution >= 0.6 is 0 Å². The number of urea groups is 1. The van der Waals surface area contributed by atoms with Gasteiger partial charge in [0.2, 0.25) is 0 Å². The van der Waals surface area contributed by atoms with Crippen LogP contribution in [0.15, 0.2) is 36.9 Å². The van der Waals surface area contributed by atoms with Gasteiger partial charge >= 0.3 is 12.0 Å². The van der Waals surface area contributed by atoms with E-state index in [2.05, 4.69) is 11.9 Å². The summed E-state index contributed by atoms with van der Waals surface area (Å²) in [5.74, 6) is -0.974. The zero-order valence-electron chi connectivity index (χ0n) is 11.2. The van der Waals surface area contributed by atoms with Crippen molar-refractivity contribution in [1.29, 1.82) is 0 Å². The summed E-state index contributed by atoms with van der Waals surface area (Å²) in [5, 5.41) is 12.0. The molecule has 1 unspecified atom stereocenters. The molecule has 2 N–H and O–H groups in total. The van der Waals surface area contributed by atoms with Gasteiger partial charge in [0.1, 0.15) is 6.04 Å². The van der Waals surface area contributed by atoms with Gasteiger partial charge in [0.25, 0.3) is 0 Å². The molecule has 5 nitrogen and oxygen atoms in total. The van der Waals surface area contributed by atoms with Crippen LogP contribution in [0.2, 0.25) is 0 Å². The van der Waals surface area contributed by atoms with Gasteiger partial charge in [-0.2, -0.15) is 0 Å². The van der Waals surface area contributed by atoms with Gasteiger partial charge in [-0.15, -0.1) is 6.58 Å². The van der Waals surface area contributed by atoms with Gasteiger partial charge < -0.3 is 15.3 Å². The average Bonchev–Trinajstić information content (AvgIpc) is 2.46. The minimum absolute atomic E-state index is 0.326. The lowest BCUT2D eigenvalue weighted by molar-refractivity contribution is -0.142. The first-order chi connectivity index (χ1) is 9.63. The largest absolute Gasteiger partial charge is 0.480 e. The fraction of sp³-hybridized carbons (Fsp3) is 0.333. The van der Waals surface area contributed by atoms with Crippen molar-refractivity contribution in [2.45, 2.75) is 25.4 Å². The van der Waals surface area contributed by atoms with Crippen LogP contribution in [-0.4, -0.2) is 34.6 Å². The quantitative estimate of drug-likeness (QED) is 0.649. The number of carbonyl (C=O) groups is 2. The Morgan fingerprint density at radius 2 is 2.10 bits per heavy atom. The predicted molar refractivity (Wildman–Crippen MR) is 75.3 cm³/mol. The number of hydrogen-bond acceptors (Lipinski definition) is 2. The number of rotatable bonds is 4. The van der Waals surface area contributed by atoms with E-state index in [4.69, 9.17) is 0 Å². The number of nitrogens with zero attached hydrogens (tertiary/aromatic N) is 1. The van der Waals surface area contributed by atoms with Crippen molar-refractivity contribution in [3.8, 4) is 0 Å². The van der Waals surface area contributed by atoms with Crippen molar-refractivity contribution in [2.75, 3.05) is 6.54 Å². The fourth-order valence-corrected chi connectivity index (χ4v) is 2.34. The monoisotopic (exact) mass is 274 g/mol. The molecule has 2 amide bonds. The SMILES string of the molecule is C=CCCNC(=O)N1Cc2ccccc2CC1C(=O)O. The molecule has 0 bridgehead atoms. The van der Waals surface area contributed by atoms with E-state index in [0.717, 1.165) is 11.1 Å². The summed E-state index contributed by atoms with van der Waals surface area (Å²) in [6.07, 6.45) is 2.72. The van der Waals surface area contributed by atoms with Crippen LogP contribution < -0.4 is 5.32 Å². The number of carbonyl (C=O) groups excluding carboxylic acids is 1. The van der Waals surface area contributed by atoms with Crippen LogP contribution in [0.3, 0.4) is 0 Å². The van der Waals surface area contributed by atoms with E-state index < -0.39 is 12.0 Å². The Hall–Kier alpha value is -2.30. The van der Waals surface area contributed by atoms with Gasteiger partial charge in [-0.25, -0.2) is 9.59 Å². The lowest BCUT2D eigenvalue weighted by Crippen LogP contribution is -2.52. The van der Waals surface area contributed by atoms with E-state index in [1.54, 1.807) is 6.08 Å². The third kappa shape index (κ3) is 2.99. The van der Waals surface area contributed by atoms with Gasteiger partial charge in [-0.1, -0.05) is 30.3 Å². The molecule has 1 atom stereocenters. The van der Waals surface area contributed by atoms with E-state index in [-0.39, 0.29) is 6.03 Å². The molecule has 0 radical (unpaired) electrons. The zero-order chi connectivity index (χ0) is 14.5. The van der Waals surface area contributed by atoms with Crippen molar-refractivity contribution in [3.05, 3.63) is 48.0 Å². The van der Waals surface area contributed by atoms with Gasteiger partial charge in [-0.05, 0) is 17.5 Å². The summed E-state index contributed by atoms with van der Waals surface area (Å²) >= 11 is 0. The van der Waals surface area contributed by atoms with Crippen LogP contribution in [0.1, 0.15) is 17.5 Å². The summed E-state index contributed by atoms with van der Waals surface area (Å²) in [6, 6.07) is 6.48. The Morgan fingerprint density at radius 1 is 1.40 bits per heavy atom. The van der Waals surface area contributed by atoms with Crippen molar-refractivity contribution in [2.24, 2.45) is 0 Å². The molecule has 0 aromatic heterocycles. The molecule has 1 aliphatic rings. The molecule has 1 heterocycles. The third-order valence-electron chi connectivity index (χ3n) is 3.42. The highest BCUT2D eigenvalue weighted by Gasteiger charge is 2.34. The summed E-state index contributed by atoms with van der Waals surface area (Å²) in [4.78, 5) is 24.9. The molecule has 0 saturated heterocycles. The molecule has 1 aromatic carbocycles. The maximum atomic E-state index is 12.1. The van der Waals surface area contributed by atoms with E-state index >= 15 is 0 Å². The molecule has 0 saturated carbocycles. The van der Waals surface area contributed by atoms with Crippen LogP contribution in [-0.2, 0) is 17.8 Å². The van der Waals surface area contributed by atoms with Crippen molar-refractivity contribution in [3.63, 3.8) is 0 Å². The number of nitrogens with one attached hydrogen (secondary N) is 1. The summed E-state index contributed by atoms with van der Waals surface area (Å²) in [5.41, 5.74) is 2.00. The molecular weight excluding hydrogens is 256 g/mol. The van der Waals surface area contributed by atoms with Crippen molar-refractivity contribution in [1.82, 2.24) is 10.2 Å². The predicted octanol–water partition coefficient (Wildman–Crippen LogP) is 1.78. The highest BCUT2D eigenvalue weighted by atomic mass is 16.4. The van der Waals surface area contributed by atoms with Gasteiger partial charge in [0, 0.05) is 19.5 Å². The normalized spacial score (nSPS) is 17.2. The number of carboxylic acid groups (broad SMARTS) is 1. The van der Waals surface area contributed by atoms with Crippen molar-refractivity contribution >= 4 is 12.0 Å². The molecule has 5 heteroatoms. The molecule has 0 aliphatic carbocycles. The number of fused-ring (bicyclic) bond motifs is 1. The summed E-state index contributed by atoms with van der Waals surface area (Å²) in [7, 11) is 0. The average molecular weight is 274 g/mol. The number of amides is 2. The van der Waals surface area contributed by atoms with Gasteiger partial charge in [0.15, 0.2) is 0 Å². The van der Waals surface area contributed by atoms with E-state index in [9.17, 15) is 14.7 Å². The first kappa shape index (κ1) is 14.1. The maximum absolute atomic E-state index is 12.1. The Morgan fingerprint density at radius 3 is 2.75 bits per heavy atom. The first-order valence-electron chi connectivity index (χ1n) is 6.58. The standard InChI is InChI=1S/C15H18N2O3/c1-2-3-8-16-15(20)17-10-12-7-5-4-6-11(12)9-13(17)14(18)19/h2,4-7,13H,1,3,8-10H2,(H,16,20)(H,18,19). The molecule has 0 spiro atoms. The molecular formula is C15H18N2O3. The number of hydrogen-bond donors (Lipinski definition) is 2. The van der Waals surface area contributed by atoms with Crippen LogP contribution in [0.5, 0.6) is 0 Å². The smallest absolute Gasteiger partial charge is 0.326 e. The molecule has 2 rings (SSSR count). The second kappa shape index (κ2) is 6.23. The lowest BCUT2D eigenvalue weighted by Gasteiger charge is -2.34. The number of benzene rings is 1. The Balaban J connectivity index is 2.15. The lowest BCUT2D eigenvalue weighted by atomic mass is 9.94. The Labute approximate surface area is 117 Å². The minimum atomic E-state index is -0.974. The highest BCUT2D eigenvalue weighted by molar-refractivity contribution is 5.83. The Kier molecular flexibility index (Phi) is 4.40. The van der Waals surface area contributed by atoms with Crippen molar-refractivity contribution < 1.29 is 14.7 Å². The second-order valence-electron chi connectivity index (χ2n) is 4.76. The first-order valence-corrected chi connectivity index (χ1v) is 6.58. The third-order valence-corrected chi connectivity index (χ3v) is 3.42. The van der Waals surface area contributed by atoms with Gasteiger partial charge in [0.05, 0.1) is 0 Å².